The molecular formula is C25H28FN5O2. The monoisotopic (exact) mass is 449 g/mol. The van der Waals surface area contributed by atoms with E-state index in [0.717, 1.165) is 45.6 Å². The molecule has 0 spiro atoms. The molecule has 3 heterocycles. The fraction of sp³-hybridized carbons (Fsp3) is 0.400. The number of benzene rings is 2. The predicted octanol–water partition coefficient (Wildman–Crippen LogP) is 3.44. The number of rotatable bonds is 5. The quantitative estimate of drug-likeness (QED) is 0.595. The zero-order valence-electron chi connectivity index (χ0n) is 18.6. The zero-order valence-corrected chi connectivity index (χ0v) is 18.6. The maximum Gasteiger partial charge on any atom is 0.241 e. The number of likely N-dealkylation sites (tertiary alicyclic amines) is 1. The van der Waals surface area contributed by atoms with Crippen molar-refractivity contribution in [3.63, 3.8) is 0 Å². The van der Waals surface area contributed by atoms with Crippen molar-refractivity contribution in [2.75, 3.05) is 44.2 Å². The maximum absolute atomic E-state index is 13.2. The van der Waals surface area contributed by atoms with Crippen molar-refractivity contribution in [2.45, 2.75) is 19.4 Å². The molecule has 3 aromatic rings. The van der Waals surface area contributed by atoms with Gasteiger partial charge in [-0.2, -0.15) is 4.98 Å². The van der Waals surface area contributed by atoms with Gasteiger partial charge in [-0.15, -0.1) is 0 Å². The van der Waals surface area contributed by atoms with Gasteiger partial charge in [-0.3, -0.25) is 9.69 Å². The summed E-state index contributed by atoms with van der Waals surface area (Å²) < 4.78 is 18.6. The molecule has 2 aliphatic rings. The van der Waals surface area contributed by atoms with Gasteiger partial charge >= 0.3 is 0 Å². The van der Waals surface area contributed by atoms with Gasteiger partial charge in [0.05, 0.1) is 12.5 Å². The Bertz CT molecular complexity index is 1060. The average Bonchev–Trinajstić information content (AvgIpc) is 3.33. The van der Waals surface area contributed by atoms with E-state index in [-0.39, 0.29) is 17.6 Å². The highest BCUT2D eigenvalue weighted by atomic mass is 19.1. The van der Waals surface area contributed by atoms with Crippen LogP contribution >= 0.6 is 0 Å². The van der Waals surface area contributed by atoms with Crippen LogP contribution < -0.4 is 4.90 Å². The first-order valence-electron chi connectivity index (χ1n) is 11.6. The second-order valence-corrected chi connectivity index (χ2v) is 8.74. The van der Waals surface area contributed by atoms with Crippen LogP contribution in [0.15, 0.2) is 59.1 Å². The van der Waals surface area contributed by atoms with Crippen LogP contribution in [-0.4, -0.2) is 65.1 Å². The van der Waals surface area contributed by atoms with E-state index in [9.17, 15) is 9.18 Å². The fourth-order valence-electron chi connectivity index (χ4n) is 4.71. The lowest BCUT2D eigenvalue weighted by Gasteiger charge is -2.39. The second kappa shape index (κ2) is 9.70. The summed E-state index contributed by atoms with van der Waals surface area (Å²) in [5.41, 5.74) is 1.93. The summed E-state index contributed by atoms with van der Waals surface area (Å²) in [7, 11) is 0. The number of halogens is 1. The van der Waals surface area contributed by atoms with Crippen LogP contribution in [0.4, 0.5) is 10.1 Å². The molecule has 0 radical (unpaired) electrons. The van der Waals surface area contributed by atoms with Crippen molar-refractivity contribution in [1.29, 1.82) is 0 Å². The van der Waals surface area contributed by atoms with Crippen molar-refractivity contribution in [3.8, 4) is 11.4 Å². The molecule has 0 N–H and O–H groups in total. The Labute approximate surface area is 192 Å². The zero-order chi connectivity index (χ0) is 22.6. The molecule has 33 heavy (non-hydrogen) atoms. The Hall–Kier alpha value is -3.26. The molecule has 2 fully saturated rings. The summed E-state index contributed by atoms with van der Waals surface area (Å²) in [6.45, 7) is 5.36. The molecule has 2 aliphatic heterocycles. The highest BCUT2D eigenvalue weighted by Gasteiger charge is 2.31. The summed E-state index contributed by atoms with van der Waals surface area (Å²) in [5, 5.41) is 4.03. The van der Waals surface area contributed by atoms with Crippen molar-refractivity contribution in [3.05, 3.63) is 66.3 Å². The normalized spacial score (nSPS) is 19.6. The maximum atomic E-state index is 13.2. The van der Waals surface area contributed by atoms with Gasteiger partial charge in [0.1, 0.15) is 5.82 Å². The van der Waals surface area contributed by atoms with E-state index < -0.39 is 0 Å². The van der Waals surface area contributed by atoms with E-state index in [1.54, 1.807) is 12.1 Å². The number of anilines is 1. The van der Waals surface area contributed by atoms with Gasteiger partial charge in [-0.05, 0) is 55.8 Å². The Kier molecular flexibility index (Phi) is 6.35. The van der Waals surface area contributed by atoms with Crippen LogP contribution in [0.1, 0.15) is 18.7 Å². The lowest BCUT2D eigenvalue weighted by atomic mass is 9.96. The lowest BCUT2D eigenvalue weighted by molar-refractivity contribution is -0.137. The Morgan fingerprint density at radius 3 is 2.52 bits per heavy atom. The summed E-state index contributed by atoms with van der Waals surface area (Å²) >= 11 is 0. The molecule has 2 saturated heterocycles. The number of aromatic nitrogens is 2. The minimum absolute atomic E-state index is 0.00140. The molecule has 1 atom stereocenters. The van der Waals surface area contributed by atoms with Crippen molar-refractivity contribution >= 4 is 11.6 Å². The molecule has 1 aromatic heterocycles. The minimum Gasteiger partial charge on any atom is -0.368 e. The number of carbonyl (C=O) groups is 1. The third-order valence-corrected chi connectivity index (χ3v) is 6.50. The smallest absolute Gasteiger partial charge is 0.241 e. The molecule has 172 valence electrons. The Morgan fingerprint density at radius 1 is 1.00 bits per heavy atom. The highest BCUT2D eigenvalue weighted by molar-refractivity contribution is 5.79. The number of hydrogen-bond donors (Lipinski definition) is 0. The van der Waals surface area contributed by atoms with Crippen molar-refractivity contribution in [1.82, 2.24) is 19.9 Å². The van der Waals surface area contributed by atoms with E-state index in [1.165, 1.54) is 17.8 Å². The van der Waals surface area contributed by atoms with Gasteiger partial charge < -0.3 is 14.3 Å². The molecule has 5 rings (SSSR count). The fourth-order valence-corrected chi connectivity index (χ4v) is 4.71. The molecule has 0 saturated carbocycles. The van der Waals surface area contributed by atoms with E-state index in [0.29, 0.717) is 30.4 Å². The van der Waals surface area contributed by atoms with E-state index in [4.69, 9.17) is 4.52 Å². The number of carbonyl (C=O) groups excluding carboxylic acids is 1. The van der Waals surface area contributed by atoms with E-state index in [1.807, 2.05) is 11.0 Å². The second-order valence-electron chi connectivity index (χ2n) is 8.74. The standard InChI is InChI=1S/C25H28FN5O2/c26-21-10-8-19(9-11-21)24-27-23(33-28-24)18-29-12-4-5-20(17-29)25(32)31-15-13-30(14-16-31)22-6-2-1-3-7-22/h1-3,6-11,20H,4-5,12-18H2. The van der Waals surface area contributed by atoms with Gasteiger partial charge in [-0.1, -0.05) is 23.4 Å². The molecule has 7 nitrogen and oxygen atoms in total. The third-order valence-electron chi connectivity index (χ3n) is 6.50. The van der Waals surface area contributed by atoms with Crippen LogP contribution in [0, 0.1) is 11.7 Å². The van der Waals surface area contributed by atoms with Gasteiger partial charge in [0.25, 0.3) is 0 Å². The first-order valence-corrected chi connectivity index (χ1v) is 11.6. The molecule has 0 aliphatic carbocycles. The molecule has 1 amide bonds. The van der Waals surface area contributed by atoms with E-state index >= 15 is 0 Å². The Balaban J connectivity index is 1.15. The van der Waals surface area contributed by atoms with Crippen LogP contribution in [0.25, 0.3) is 11.4 Å². The van der Waals surface area contributed by atoms with Crippen LogP contribution in [-0.2, 0) is 11.3 Å². The number of hydrogen-bond acceptors (Lipinski definition) is 6. The summed E-state index contributed by atoms with van der Waals surface area (Å²) in [6, 6.07) is 16.4. The van der Waals surface area contributed by atoms with Crippen LogP contribution in [0.2, 0.25) is 0 Å². The summed E-state index contributed by atoms with van der Waals surface area (Å²) in [4.78, 5) is 24.2. The largest absolute Gasteiger partial charge is 0.368 e. The van der Waals surface area contributed by atoms with Crippen LogP contribution in [0.3, 0.4) is 0 Å². The predicted molar refractivity (Wildman–Crippen MR) is 123 cm³/mol. The minimum atomic E-state index is -0.298. The van der Waals surface area contributed by atoms with E-state index in [2.05, 4.69) is 44.2 Å². The molecule has 8 heteroatoms. The average molecular weight is 450 g/mol. The molecular weight excluding hydrogens is 421 g/mol. The lowest BCUT2D eigenvalue weighted by Crippen LogP contribution is -2.52. The molecule has 2 aromatic carbocycles. The van der Waals surface area contributed by atoms with Crippen molar-refractivity contribution in [2.24, 2.45) is 5.92 Å². The van der Waals surface area contributed by atoms with Gasteiger partial charge in [0.15, 0.2) is 0 Å². The van der Waals surface area contributed by atoms with Crippen LogP contribution in [0.5, 0.6) is 0 Å². The molecule has 1 unspecified atom stereocenters. The van der Waals surface area contributed by atoms with Gasteiger partial charge in [0.2, 0.25) is 17.6 Å². The summed E-state index contributed by atoms with van der Waals surface area (Å²) in [6.07, 6.45) is 1.89. The third kappa shape index (κ3) is 5.06. The number of piperidine rings is 1. The number of piperazine rings is 1. The molecule has 0 bridgehead atoms. The number of amides is 1. The van der Waals surface area contributed by atoms with Gasteiger partial charge in [-0.25, -0.2) is 4.39 Å². The van der Waals surface area contributed by atoms with Gasteiger partial charge in [0, 0.05) is 44.0 Å². The first kappa shape index (κ1) is 21.6. The van der Waals surface area contributed by atoms with Crippen molar-refractivity contribution < 1.29 is 13.7 Å². The topological polar surface area (TPSA) is 65.7 Å². The highest BCUT2D eigenvalue weighted by Crippen LogP contribution is 2.23. The first-order chi connectivity index (χ1) is 16.2. The summed E-state index contributed by atoms with van der Waals surface area (Å²) in [5.74, 6) is 0.921. The number of nitrogens with zero attached hydrogens (tertiary/aromatic N) is 5. The SMILES string of the molecule is O=C(C1CCCN(Cc2nc(-c3ccc(F)cc3)no2)C1)N1CCN(c2ccccc2)CC1. The Morgan fingerprint density at radius 2 is 1.76 bits per heavy atom. The number of para-hydroxylation sites is 1.